The normalized spacial score (nSPS) is 19.4. The van der Waals surface area contributed by atoms with Crippen LogP contribution in [0.5, 0.6) is 0 Å². The van der Waals surface area contributed by atoms with Crippen molar-refractivity contribution in [1.29, 1.82) is 0 Å². The summed E-state index contributed by atoms with van der Waals surface area (Å²) in [6.07, 6.45) is 3.43. The molecule has 1 aliphatic rings. The Hall–Kier alpha value is -1.32. The number of benzene rings is 1. The molecule has 3 nitrogen and oxygen atoms in total. The largest absolute Gasteiger partial charge is 0.392 e. The first-order chi connectivity index (χ1) is 8.70. The van der Waals surface area contributed by atoms with Gasteiger partial charge in [-0.3, -0.25) is 0 Å². The van der Waals surface area contributed by atoms with E-state index in [1.165, 1.54) is 23.1 Å². The number of hydrogen-bond donors (Lipinski definition) is 2. The zero-order valence-electron chi connectivity index (χ0n) is 11.0. The molecule has 18 heavy (non-hydrogen) atoms. The summed E-state index contributed by atoms with van der Waals surface area (Å²) >= 11 is 0. The Morgan fingerprint density at radius 3 is 2.94 bits per heavy atom. The van der Waals surface area contributed by atoms with Gasteiger partial charge < -0.3 is 15.0 Å². The van der Waals surface area contributed by atoms with Crippen LogP contribution >= 0.6 is 0 Å². The van der Waals surface area contributed by atoms with Gasteiger partial charge in [0.15, 0.2) is 0 Å². The third-order valence-electron chi connectivity index (χ3n) is 4.18. The molecule has 1 aliphatic carbocycles. The predicted octanol–water partition coefficient (Wildman–Crippen LogP) is 2.08. The Morgan fingerprint density at radius 1 is 1.39 bits per heavy atom. The molecule has 1 heterocycles. The first-order valence-corrected chi connectivity index (χ1v) is 6.59. The van der Waals surface area contributed by atoms with Crippen molar-refractivity contribution < 1.29 is 5.11 Å². The maximum Gasteiger partial charge on any atom is 0.0702 e. The molecule has 1 aromatic carbocycles. The molecular weight excluding hydrogens is 224 g/mol. The summed E-state index contributed by atoms with van der Waals surface area (Å²) in [5, 5.41) is 10.7. The van der Waals surface area contributed by atoms with Gasteiger partial charge >= 0.3 is 0 Å². The summed E-state index contributed by atoms with van der Waals surface area (Å²) in [4.78, 5) is 5.83. The van der Waals surface area contributed by atoms with Crippen molar-refractivity contribution in [2.24, 2.45) is 0 Å². The zero-order chi connectivity index (χ0) is 12.7. The molecule has 0 bridgehead atoms. The van der Waals surface area contributed by atoms with E-state index < -0.39 is 0 Å². The third kappa shape index (κ3) is 1.74. The molecule has 1 aromatic heterocycles. The zero-order valence-corrected chi connectivity index (χ0v) is 11.0. The molecule has 2 N–H and O–H groups in total. The van der Waals surface area contributed by atoms with E-state index in [0.717, 1.165) is 23.9 Å². The van der Waals surface area contributed by atoms with Gasteiger partial charge in [0.05, 0.1) is 12.1 Å². The molecule has 96 valence electrons. The van der Waals surface area contributed by atoms with Crippen molar-refractivity contribution in [2.45, 2.75) is 31.9 Å². The molecule has 0 saturated heterocycles. The van der Waals surface area contributed by atoms with E-state index in [0.29, 0.717) is 6.04 Å². The number of fused-ring (bicyclic) bond motifs is 3. The van der Waals surface area contributed by atoms with Crippen molar-refractivity contribution in [3.05, 3.63) is 35.0 Å². The summed E-state index contributed by atoms with van der Waals surface area (Å²) in [7, 11) is 4.31. The van der Waals surface area contributed by atoms with Crippen LogP contribution in [0.15, 0.2) is 18.2 Å². The number of aromatic amines is 1. The van der Waals surface area contributed by atoms with Crippen molar-refractivity contribution in [3.8, 4) is 0 Å². The maximum atomic E-state index is 9.41. The van der Waals surface area contributed by atoms with Crippen molar-refractivity contribution in [3.63, 3.8) is 0 Å². The van der Waals surface area contributed by atoms with Crippen molar-refractivity contribution >= 4 is 10.9 Å². The molecule has 0 amide bonds. The second-order valence-electron chi connectivity index (χ2n) is 5.44. The molecule has 3 heteroatoms. The van der Waals surface area contributed by atoms with Crippen molar-refractivity contribution in [1.82, 2.24) is 9.88 Å². The highest BCUT2D eigenvalue weighted by Gasteiger charge is 2.24. The van der Waals surface area contributed by atoms with Crippen LogP contribution in [0.4, 0.5) is 0 Å². The number of nitrogens with one attached hydrogen (secondary N) is 1. The number of aliphatic hydroxyl groups is 1. The van der Waals surface area contributed by atoms with E-state index in [9.17, 15) is 5.11 Å². The number of nitrogens with zero attached hydrogens (tertiary/aromatic N) is 1. The van der Waals surface area contributed by atoms with E-state index in [-0.39, 0.29) is 6.61 Å². The molecule has 0 radical (unpaired) electrons. The molecule has 0 spiro atoms. The van der Waals surface area contributed by atoms with Crippen LogP contribution in [0.2, 0.25) is 0 Å². The Labute approximate surface area is 107 Å². The smallest absolute Gasteiger partial charge is 0.0702 e. The Kier molecular flexibility index (Phi) is 2.88. The van der Waals surface area contributed by atoms with Crippen LogP contribution in [-0.2, 0) is 19.4 Å². The fraction of sp³-hybridized carbons (Fsp3) is 0.467. The average molecular weight is 244 g/mol. The van der Waals surface area contributed by atoms with Gasteiger partial charge in [-0.1, -0.05) is 18.2 Å². The van der Waals surface area contributed by atoms with Crippen LogP contribution < -0.4 is 0 Å². The van der Waals surface area contributed by atoms with Crippen molar-refractivity contribution in [2.75, 3.05) is 14.1 Å². The number of hydrogen-bond acceptors (Lipinski definition) is 2. The van der Waals surface area contributed by atoms with E-state index in [1.807, 2.05) is 12.1 Å². The molecule has 3 rings (SSSR count). The van der Waals surface area contributed by atoms with Gasteiger partial charge in [0.1, 0.15) is 0 Å². The molecule has 1 atom stereocenters. The van der Waals surface area contributed by atoms with E-state index in [2.05, 4.69) is 30.0 Å². The molecule has 0 aliphatic heterocycles. The summed E-state index contributed by atoms with van der Waals surface area (Å²) in [5.41, 5.74) is 4.95. The topological polar surface area (TPSA) is 39.3 Å². The predicted molar refractivity (Wildman–Crippen MR) is 73.7 cm³/mol. The van der Waals surface area contributed by atoms with Gasteiger partial charge in [0, 0.05) is 22.7 Å². The summed E-state index contributed by atoms with van der Waals surface area (Å²) in [5.74, 6) is 0. The summed E-state index contributed by atoms with van der Waals surface area (Å²) < 4.78 is 0. The van der Waals surface area contributed by atoms with Crippen LogP contribution in [0.3, 0.4) is 0 Å². The number of likely N-dealkylation sites (N-methyl/N-ethyl adjacent to an activating group) is 1. The molecule has 0 fully saturated rings. The Balaban J connectivity index is 2.11. The van der Waals surface area contributed by atoms with E-state index >= 15 is 0 Å². The minimum atomic E-state index is 0.105. The van der Waals surface area contributed by atoms with Gasteiger partial charge in [-0.25, -0.2) is 0 Å². The monoisotopic (exact) mass is 244 g/mol. The quantitative estimate of drug-likeness (QED) is 0.849. The molecule has 1 unspecified atom stereocenters. The lowest BCUT2D eigenvalue weighted by Gasteiger charge is -2.28. The fourth-order valence-electron chi connectivity index (χ4n) is 3.06. The van der Waals surface area contributed by atoms with Gasteiger partial charge in [-0.15, -0.1) is 0 Å². The van der Waals surface area contributed by atoms with Crippen LogP contribution in [0.25, 0.3) is 10.9 Å². The number of aliphatic hydroxyl groups excluding tert-OH is 1. The van der Waals surface area contributed by atoms with Gasteiger partial charge in [0.25, 0.3) is 0 Å². The van der Waals surface area contributed by atoms with Gasteiger partial charge in [-0.2, -0.15) is 0 Å². The third-order valence-corrected chi connectivity index (χ3v) is 4.18. The number of para-hydroxylation sites is 1. The Bertz CT molecular complexity index is 571. The van der Waals surface area contributed by atoms with E-state index in [4.69, 9.17) is 0 Å². The standard InChI is InChI=1S/C15H20N2O/c1-17(2)11-6-7-14-13(8-11)12-5-3-4-10(9-18)15(12)16-14/h3-5,11,16,18H,6-9H2,1-2H3. The van der Waals surface area contributed by atoms with Gasteiger partial charge in [-0.05, 0) is 38.9 Å². The second kappa shape index (κ2) is 4.41. The first kappa shape index (κ1) is 11.8. The number of aromatic nitrogens is 1. The highest BCUT2D eigenvalue weighted by atomic mass is 16.3. The maximum absolute atomic E-state index is 9.41. The first-order valence-electron chi connectivity index (χ1n) is 6.59. The highest BCUT2D eigenvalue weighted by molar-refractivity contribution is 5.87. The SMILES string of the molecule is CN(C)C1CCc2[nH]c3c(CO)cccc3c2C1. The number of H-pyrrole nitrogens is 1. The Morgan fingerprint density at radius 2 is 2.22 bits per heavy atom. The van der Waals surface area contributed by atoms with Gasteiger partial charge in [0.2, 0.25) is 0 Å². The lowest BCUT2D eigenvalue weighted by atomic mass is 9.90. The average Bonchev–Trinajstić information content (AvgIpc) is 2.76. The highest BCUT2D eigenvalue weighted by Crippen LogP contribution is 2.31. The van der Waals surface area contributed by atoms with E-state index in [1.54, 1.807) is 0 Å². The number of aryl methyl sites for hydroxylation is 1. The number of rotatable bonds is 2. The fourth-order valence-corrected chi connectivity index (χ4v) is 3.06. The summed E-state index contributed by atoms with van der Waals surface area (Å²) in [6.45, 7) is 0.105. The minimum absolute atomic E-state index is 0.105. The van der Waals surface area contributed by atoms with Crippen LogP contribution in [0, 0.1) is 0 Å². The van der Waals surface area contributed by atoms with Crippen LogP contribution in [-0.4, -0.2) is 35.1 Å². The molecule has 2 aromatic rings. The minimum Gasteiger partial charge on any atom is -0.392 e. The lowest BCUT2D eigenvalue weighted by Crippen LogP contribution is -2.33. The lowest BCUT2D eigenvalue weighted by molar-refractivity contribution is 0.268. The second-order valence-corrected chi connectivity index (χ2v) is 5.44. The summed E-state index contributed by atoms with van der Waals surface area (Å²) in [6, 6.07) is 6.84. The molecule has 0 saturated carbocycles. The van der Waals surface area contributed by atoms with Crippen LogP contribution in [0.1, 0.15) is 23.2 Å². The molecular formula is C15H20N2O.